The van der Waals surface area contributed by atoms with Crippen LogP contribution in [0, 0.1) is 12.3 Å². The average molecular weight is 306 g/mol. The van der Waals surface area contributed by atoms with Gasteiger partial charge in [-0.1, -0.05) is 13.8 Å². The quantitative estimate of drug-likeness (QED) is 0.930. The first kappa shape index (κ1) is 16.6. The Morgan fingerprint density at radius 1 is 1.27 bits per heavy atom. The Kier molecular flexibility index (Phi) is 4.66. The van der Waals surface area contributed by atoms with Gasteiger partial charge >= 0.3 is 0 Å². The summed E-state index contributed by atoms with van der Waals surface area (Å²) in [5.74, 6) is 1.32. The van der Waals surface area contributed by atoms with Gasteiger partial charge in [-0.15, -0.1) is 0 Å². The molecule has 0 spiro atoms. The predicted molar refractivity (Wildman–Crippen MR) is 86.6 cm³/mol. The Hall–Kier alpha value is -1.75. The molecule has 5 heteroatoms. The summed E-state index contributed by atoms with van der Waals surface area (Å²) < 4.78 is 10.7. The summed E-state index contributed by atoms with van der Waals surface area (Å²) in [6.07, 6.45) is 0.818. The monoisotopic (exact) mass is 306 g/mol. The lowest BCUT2D eigenvalue weighted by Crippen LogP contribution is -2.54. The highest BCUT2D eigenvalue weighted by molar-refractivity contribution is 5.95. The minimum absolute atomic E-state index is 0.00317. The molecule has 1 atom stereocenters. The van der Waals surface area contributed by atoms with Crippen LogP contribution in [0.5, 0.6) is 11.5 Å². The Labute approximate surface area is 132 Å². The highest BCUT2D eigenvalue weighted by Crippen LogP contribution is 2.32. The van der Waals surface area contributed by atoms with Crippen molar-refractivity contribution < 1.29 is 14.3 Å². The summed E-state index contributed by atoms with van der Waals surface area (Å²) in [6, 6.07) is 3.68. The van der Waals surface area contributed by atoms with Gasteiger partial charge in [0.25, 0.3) is 5.91 Å². The van der Waals surface area contributed by atoms with Crippen LogP contribution in [0.2, 0.25) is 0 Å². The molecule has 5 nitrogen and oxygen atoms in total. The second-order valence-corrected chi connectivity index (χ2v) is 6.62. The maximum Gasteiger partial charge on any atom is 0.254 e. The SMILES string of the molecule is COc1cc(C(=O)N2CCC(N)C(C)(C)C2)cc(OC)c1C. The summed E-state index contributed by atoms with van der Waals surface area (Å²) in [5, 5.41) is 0. The topological polar surface area (TPSA) is 64.8 Å². The number of rotatable bonds is 3. The Balaban J connectivity index is 2.30. The molecule has 0 aromatic heterocycles. The molecule has 0 saturated carbocycles. The third-order valence-corrected chi connectivity index (χ3v) is 4.60. The predicted octanol–water partition coefficient (Wildman–Crippen LogP) is 2.21. The van der Waals surface area contributed by atoms with Gasteiger partial charge in [0.1, 0.15) is 11.5 Å². The molecular weight excluding hydrogens is 280 g/mol. The molecule has 0 bridgehead atoms. The first-order valence-corrected chi connectivity index (χ1v) is 7.57. The molecule has 1 saturated heterocycles. The van der Waals surface area contributed by atoms with Gasteiger partial charge in [-0.05, 0) is 30.9 Å². The summed E-state index contributed by atoms with van der Waals surface area (Å²) in [6.45, 7) is 7.46. The molecule has 2 N–H and O–H groups in total. The van der Waals surface area contributed by atoms with Crippen LogP contribution in [0.3, 0.4) is 0 Å². The largest absolute Gasteiger partial charge is 0.496 e. The van der Waals surface area contributed by atoms with Gasteiger partial charge in [-0.25, -0.2) is 0 Å². The molecule has 1 aromatic rings. The number of nitrogens with zero attached hydrogens (tertiary/aromatic N) is 1. The molecule has 1 fully saturated rings. The van der Waals surface area contributed by atoms with Gasteiger partial charge in [-0.3, -0.25) is 4.79 Å². The second-order valence-electron chi connectivity index (χ2n) is 6.62. The number of carbonyl (C=O) groups is 1. The zero-order valence-corrected chi connectivity index (χ0v) is 14.1. The van der Waals surface area contributed by atoms with Crippen LogP contribution in [-0.4, -0.2) is 44.2 Å². The third-order valence-electron chi connectivity index (χ3n) is 4.60. The standard InChI is InChI=1S/C17H26N2O3/c1-11-13(21-4)8-12(9-14(11)22-5)16(20)19-7-6-15(18)17(2,3)10-19/h8-9,15H,6-7,10,18H2,1-5H3. The smallest absolute Gasteiger partial charge is 0.254 e. The summed E-state index contributed by atoms with van der Waals surface area (Å²) >= 11 is 0. The van der Waals surface area contributed by atoms with E-state index in [1.165, 1.54) is 0 Å². The minimum atomic E-state index is -0.0766. The van der Waals surface area contributed by atoms with E-state index < -0.39 is 0 Å². The summed E-state index contributed by atoms with van der Waals surface area (Å²) in [4.78, 5) is 14.7. The van der Waals surface area contributed by atoms with Crippen LogP contribution in [0.15, 0.2) is 12.1 Å². The molecule has 1 aromatic carbocycles. The fourth-order valence-electron chi connectivity index (χ4n) is 2.94. The van der Waals surface area contributed by atoms with Crippen molar-refractivity contribution in [3.63, 3.8) is 0 Å². The minimum Gasteiger partial charge on any atom is -0.496 e. The second kappa shape index (κ2) is 6.16. The maximum atomic E-state index is 12.8. The van der Waals surface area contributed by atoms with E-state index in [9.17, 15) is 4.79 Å². The lowest BCUT2D eigenvalue weighted by Gasteiger charge is -2.42. The first-order chi connectivity index (χ1) is 10.3. The molecule has 1 aliphatic rings. The summed E-state index contributed by atoms with van der Waals surface area (Å²) in [5.41, 5.74) is 7.55. The first-order valence-electron chi connectivity index (χ1n) is 7.57. The van der Waals surface area contributed by atoms with Crippen molar-refractivity contribution in [1.82, 2.24) is 4.90 Å². The van der Waals surface area contributed by atoms with Gasteiger partial charge in [0, 0.05) is 30.3 Å². The molecule has 122 valence electrons. The normalized spacial score (nSPS) is 20.6. The zero-order valence-electron chi connectivity index (χ0n) is 14.1. The number of hydrogen-bond acceptors (Lipinski definition) is 4. The number of benzene rings is 1. The van der Waals surface area contributed by atoms with Crippen LogP contribution in [0.4, 0.5) is 0 Å². The number of nitrogens with two attached hydrogens (primary N) is 1. The number of amides is 1. The molecule has 2 rings (SSSR count). The molecular formula is C17H26N2O3. The molecule has 1 aliphatic heterocycles. The third kappa shape index (κ3) is 3.04. The number of methoxy groups -OCH3 is 2. The molecule has 1 heterocycles. The molecule has 22 heavy (non-hydrogen) atoms. The fourth-order valence-corrected chi connectivity index (χ4v) is 2.94. The Morgan fingerprint density at radius 3 is 2.27 bits per heavy atom. The van der Waals surface area contributed by atoms with E-state index in [0.717, 1.165) is 12.0 Å². The molecule has 1 amide bonds. The molecule has 1 unspecified atom stereocenters. The van der Waals surface area contributed by atoms with Gasteiger partial charge in [0.05, 0.1) is 14.2 Å². The van der Waals surface area contributed by atoms with Crippen molar-refractivity contribution >= 4 is 5.91 Å². The van der Waals surface area contributed by atoms with E-state index in [2.05, 4.69) is 13.8 Å². The lowest BCUT2D eigenvalue weighted by atomic mass is 9.79. The van der Waals surface area contributed by atoms with E-state index in [-0.39, 0.29) is 17.4 Å². The number of ether oxygens (including phenoxy) is 2. The Morgan fingerprint density at radius 2 is 1.82 bits per heavy atom. The number of carbonyl (C=O) groups excluding carboxylic acids is 1. The average Bonchev–Trinajstić information content (AvgIpc) is 2.49. The van der Waals surface area contributed by atoms with E-state index in [1.54, 1.807) is 26.4 Å². The van der Waals surface area contributed by atoms with Gasteiger partial charge < -0.3 is 20.1 Å². The van der Waals surface area contributed by atoms with Gasteiger partial charge in [0.2, 0.25) is 0 Å². The van der Waals surface area contributed by atoms with Crippen LogP contribution in [-0.2, 0) is 0 Å². The Bertz CT molecular complexity index is 544. The van der Waals surface area contributed by atoms with Crippen molar-refractivity contribution in [3.05, 3.63) is 23.3 Å². The van der Waals surface area contributed by atoms with Gasteiger partial charge in [0.15, 0.2) is 0 Å². The zero-order chi connectivity index (χ0) is 16.5. The molecule has 0 radical (unpaired) electrons. The highest BCUT2D eigenvalue weighted by Gasteiger charge is 2.35. The van der Waals surface area contributed by atoms with Crippen LogP contribution >= 0.6 is 0 Å². The van der Waals surface area contributed by atoms with Crippen molar-refractivity contribution in [2.75, 3.05) is 27.3 Å². The number of hydrogen-bond donors (Lipinski definition) is 1. The van der Waals surface area contributed by atoms with Gasteiger partial charge in [-0.2, -0.15) is 0 Å². The van der Waals surface area contributed by atoms with Crippen molar-refractivity contribution in [2.24, 2.45) is 11.1 Å². The van der Waals surface area contributed by atoms with Crippen LogP contribution in [0.1, 0.15) is 36.2 Å². The van der Waals surface area contributed by atoms with E-state index in [1.807, 2.05) is 11.8 Å². The fraction of sp³-hybridized carbons (Fsp3) is 0.588. The van der Waals surface area contributed by atoms with E-state index in [0.29, 0.717) is 30.2 Å². The van der Waals surface area contributed by atoms with Crippen molar-refractivity contribution in [1.29, 1.82) is 0 Å². The van der Waals surface area contributed by atoms with E-state index >= 15 is 0 Å². The highest BCUT2D eigenvalue weighted by atomic mass is 16.5. The number of piperidine rings is 1. The van der Waals surface area contributed by atoms with Crippen LogP contribution < -0.4 is 15.2 Å². The van der Waals surface area contributed by atoms with Crippen molar-refractivity contribution in [2.45, 2.75) is 33.2 Å². The van der Waals surface area contributed by atoms with Crippen molar-refractivity contribution in [3.8, 4) is 11.5 Å². The number of likely N-dealkylation sites (tertiary alicyclic amines) is 1. The summed E-state index contributed by atoms with van der Waals surface area (Å²) in [7, 11) is 3.19. The molecule has 0 aliphatic carbocycles. The lowest BCUT2D eigenvalue weighted by molar-refractivity contribution is 0.0532. The van der Waals surface area contributed by atoms with E-state index in [4.69, 9.17) is 15.2 Å². The maximum absolute atomic E-state index is 12.8. The van der Waals surface area contributed by atoms with Crippen LogP contribution in [0.25, 0.3) is 0 Å².